The van der Waals surface area contributed by atoms with Gasteiger partial charge in [-0.2, -0.15) is 0 Å². The van der Waals surface area contributed by atoms with E-state index in [9.17, 15) is 0 Å². The Morgan fingerprint density at radius 3 is 2.65 bits per heavy atom. The zero-order chi connectivity index (χ0) is 14.2. The van der Waals surface area contributed by atoms with Crippen LogP contribution in [0.1, 0.15) is 51.5 Å². The third kappa shape index (κ3) is 3.86. The minimum Gasteiger partial charge on any atom is -0.347 e. The Balaban J connectivity index is 2.00. The summed E-state index contributed by atoms with van der Waals surface area (Å²) in [5, 5.41) is 4.83. The van der Waals surface area contributed by atoms with Gasteiger partial charge in [-0.05, 0) is 30.7 Å². The molecule has 1 heterocycles. The summed E-state index contributed by atoms with van der Waals surface area (Å²) in [6.07, 6.45) is 8.96. The van der Waals surface area contributed by atoms with Crippen molar-refractivity contribution in [2.24, 2.45) is 0 Å². The zero-order valence-corrected chi connectivity index (χ0v) is 13.0. The molecule has 2 heteroatoms. The van der Waals surface area contributed by atoms with Gasteiger partial charge < -0.3 is 9.88 Å². The lowest BCUT2D eigenvalue weighted by molar-refractivity contribution is 0.577. The summed E-state index contributed by atoms with van der Waals surface area (Å²) >= 11 is 0. The fourth-order valence-corrected chi connectivity index (χ4v) is 2.78. The Hall–Kier alpha value is -1.28. The van der Waals surface area contributed by atoms with Crippen LogP contribution in [0.4, 0.5) is 0 Å². The zero-order valence-electron chi connectivity index (χ0n) is 13.0. The van der Waals surface area contributed by atoms with E-state index in [4.69, 9.17) is 0 Å². The van der Waals surface area contributed by atoms with Gasteiger partial charge in [-0.25, -0.2) is 0 Å². The molecule has 0 saturated heterocycles. The second-order valence-corrected chi connectivity index (χ2v) is 5.55. The number of rotatable bonds is 9. The first-order valence-corrected chi connectivity index (χ1v) is 8.14. The van der Waals surface area contributed by atoms with Gasteiger partial charge in [0, 0.05) is 30.2 Å². The van der Waals surface area contributed by atoms with E-state index < -0.39 is 0 Å². The second-order valence-electron chi connectivity index (χ2n) is 5.55. The van der Waals surface area contributed by atoms with Crippen LogP contribution in [0.3, 0.4) is 0 Å². The van der Waals surface area contributed by atoms with Crippen LogP contribution in [0.5, 0.6) is 0 Å². The van der Waals surface area contributed by atoms with Crippen molar-refractivity contribution in [3.05, 3.63) is 36.0 Å². The van der Waals surface area contributed by atoms with E-state index in [1.54, 1.807) is 0 Å². The van der Waals surface area contributed by atoms with Gasteiger partial charge in [0.2, 0.25) is 0 Å². The fraction of sp³-hybridized carbons (Fsp3) is 0.556. The molecule has 0 fully saturated rings. The molecule has 0 aliphatic rings. The Bertz CT molecular complexity index is 513. The number of hydrogen-bond acceptors (Lipinski definition) is 1. The summed E-state index contributed by atoms with van der Waals surface area (Å²) in [6, 6.07) is 8.93. The molecule has 0 radical (unpaired) electrons. The topological polar surface area (TPSA) is 17.0 Å². The van der Waals surface area contributed by atoms with E-state index in [0.29, 0.717) is 0 Å². The molecule has 0 unspecified atom stereocenters. The number of unbranched alkanes of at least 4 members (excludes halogenated alkanes) is 4. The molecule has 0 spiro atoms. The van der Waals surface area contributed by atoms with Crippen molar-refractivity contribution in [3.63, 3.8) is 0 Å². The van der Waals surface area contributed by atoms with Crippen LogP contribution in [0, 0.1) is 0 Å². The molecule has 2 nitrogen and oxygen atoms in total. The van der Waals surface area contributed by atoms with Crippen LogP contribution in [0.25, 0.3) is 10.9 Å². The van der Waals surface area contributed by atoms with E-state index >= 15 is 0 Å². The molecular formula is C18H28N2. The highest BCUT2D eigenvalue weighted by Crippen LogP contribution is 2.21. The van der Waals surface area contributed by atoms with Crippen molar-refractivity contribution >= 4 is 10.9 Å². The molecule has 0 amide bonds. The lowest BCUT2D eigenvalue weighted by atomic mass is 10.1. The molecule has 0 aliphatic carbocycles. The second kappa shape index (κ2) is 8.11. The van der Waals surface area contributed by atoms with E-state index in [-0.39, 0.29) is 0 Å². The molecule has 0 bridgehead atoms. The number of hydrogen-bond donors (Lipinski definition) is 1. The maximum Gasteiger partial charge on any atom is 0.0483 e. The van der Waals surface area contributed by atoms with Gasteiger partial charge in [0.15, 0.2) is 0 Å². The van der Waals surface area contributed by atoms with Crippen LogP contribution in [0.15, 0.2) is 30.5 Å². The quantitative estimate of drug-likeness (QED) is 0.653. The van der Waals surface area contributed by atoms with Gasteiger partial charge in [0.05, 0.1) is 0 Å². The molecule has 1 aromatic heterocycles. The molecule has 20 heavy (non-hydrogen) atoms. The number of nitrogens with one attached hydrogen (secondary N) is 1. The van der Waals surface area contributed by atoms with Crippen LogP contribution in [0.2, 0.25) is 0 Å². The van der Waals surface area contributed by atoms with Crippen molar-refractivity contribution in [1.29, 1.82) is 0 Å². The number of aryl methyl sites for hydroxylation is 1. The SMILES string of the molecule is CCCCCCCn1ccc2c(CNCC)cccc21. The predicted molar refractivity (Wildman–Crippen MR) is 88.1 cm³/mol. The molecule has 2 rings (SSSR count). The summed E-state index contributed by atoms with van der Waals surface area (Å²) in [5.41, 5.74) is 2.80. The lowest BCUT2D eigenvalue weighted by Crippen LogP contribution is -2.11. The third-order valence-corrected chi connectivity index (χ3v) is 3.97. The number of aromatic nitrogens is 1. The van der Waals surface area contributed by atoms with Gasteiger partial charge in [-0.3, -0.25) is 0 Å². The maximum atomic E-state index is 3.42. The van der Waals surface area contributed by atoms with Crippen molar-refractivity contribution in [2.75, 3.05) is 6.54 Å². The first-order chi connectivity index (χ1) is 9.86. The fourth-order valence-electron chi connectivity index (χ4n) is 2.78. The van der Waals surface area contributed by atoms with Gasteiger partial charge in [-0.1, -0.05) is 51.7 Å². The van der Waals surface area contributed by atoms with Crippen molar-refractivity contribution < 1.29 is 0 Å². The van der Waals surface area contributed by atoms with Gasteiger partial charge in [-0.15, -0.1) is 0 Å². The normalized spacial score (nSPS) is 11.3. The highest BCUT2D eigenvalue weighted by atomic mass is 14.9. The standard InChI is InChI=1S/C18H28N2/c1-3-5-6-7-8-13-20-14-12-17-16(15-19-4-2)10-9-11-18(17)20/h9-12,14,19H,3-8,13,15H2,1-2H3. The summed E-state index contributed by atoms with van der Waals surface area (Å²) in [5.74, 6) is 0. The average molecular weight is 272 g/mol. The molecule has 2 aromatic rings. The molecule has 0 atom stereocenters. The largest absolute Gasteiger partial charge is 0.347 e. The Labute approximate surface area is 123 Å². The van der Waals surface area contributed by atoms with Gasteiger partial charge in [0.1, 0.15) is 0 Å². The van der Waals surface area contributed by atoms with Gasteiger partial charge >= 0.3 is 0 Å². The lowest BCUT2D eigenvalue weighted by Gasteiger charge is -2.08. The first kappa shape index (κ1) is 15.1. The minimum absolute atomic E-state index is 0.967. The molecule has 0 saturated carbocycles. The molecule has 110 valence electrons. The summed E-state index contributed by atoms with van der Waals surface area (Å²) in [6.45, 7) is 7.56. The summed E-state index contributed by atoms with van der Waals surface area (Å²) in [7, 11) is 0. The average Bonchev–Trinajstić information content (AvgIpc) is 2.89. The summed E-state index contributed by atoms with van der Waals surface area (Å²) < 4.78 is 2.41. The molecule has 0 aliphatic heterocycles. The monoisotopic (exact) mass is 272 g/mol. The molecular weight excluding hydrogens is 244 g/mol. The first-order valence-electron chi connectivity index (χ1n) is 8.14. The van der Waals surface area contributed by atoms with E-state index in [1.807, 2.05) is 0 Å². The highest BCUT2D eigenvalue weighted by Gasteiger charge is 2.04. The Kier molecular flexibility index (Phi) is 6.13. The third-order valence-electron chi connectivity index (χ3n) is 3.97. The van der Waals surface area contributed by atoms with E-state index in [2.05, 4.69) is 54.2 Å². The van der Waals surface area contributed by atoms with E-state index in [1.165, 1.54) is 48.6 Å². The summed E-state index contributed by atoms with van der Waals surface area (Å²) in [4.78, 5) is 0. The Morgan fingerprint density at radius 1 is 1.00 bits per heavy atom. The van der Waals surface area contributed by atoms with Crippen molar-refractivity contribution in [3.8, 4) is 0 Å². The minimum atomic E-state index is 0.967. The van der Waals surface area contributed by atoms with Crippen molar-refractivity contribution in [2.45, 2.75) is 59.0 Å². The number of nitrogens with zero attached hydrogens (tertiary/aromatic N) is 1. The number of fused-ring (bicyclic) bond motifs is 1. The van der Waals surface area contributed by atoms with Crippen LogP contribution < -0.4 is 5.32 Å². The predicted octanol–water partition coefficient (Wildman–Crippen LogP) is 4.72. The number of benzene rings is 1. The maximum absolute atomic E-state index is 3.42. The van der Waals surface area contributed by atoms with Crippen LogP contribution in [-0.2, 0) is 13.1 Å². The smallest absolute Gasteiger partial charge is 0.0483 e. The Morgan fingerprint density at radius 2 is 1.85 bits per heavy atom. The van der Waals surface area contributed by atoms with Crippen LogP contribution >= 0.6 is 0 Å². The van der Waals surface area contributed by atoms with Crippen molar-refractivity contribution in [1.82, 2.24) is 9.88 Å². The molecule has 1 N–H and O–H groups in total. The molecule has 1 aromatic carbocycles. The van der Waals surface area contributed by atoms with Gasteiger partial charge in [0.25, 0.3) is 0 Å². The highest BCUT2D eigenvalue weighted by molar-refractivity contribution is 5.83. The van der Waals surface area contributed by atoms with Crippen LogP contribution in [-0.4, -0.2) is 11.1 Å². The van der Waals surface area contributed by atoms with E-state index in [0.717, 1.165) is 19.6 Å².